The van der Waals surface area contributed by atoms with Gasteiger partial charge in [-0.05, 0) is 4.98 Å². The highest BCUT2D eigenvalue weighted by Crippen LogP contribution is 1.82. The number of nitrogens with zero attached hydrogens (tertiary/aromatic N) is 2. The van der Waals surface area contributed by atoms with E-state index in [-0.39, 0.29) is 5.82 Å². The van der Waals surface area contributed by atoms with Crippen molar-refractivity contribution < 1.29 is 13.9 Å². The SMILES string of the molecule is O=C(O)c1nccc[n+]1[S-]. The van der Waals surface area contributed by atoms with E-state index in [9.17, 15) is 4.79 Å². The number of aromatic carboxylic acids is 1. The van der Waals surface area contributed by atoms with Crippen molar-refractivity contribution in [3.8, 4) is 0 Å². The third kappa shape index (κ3) is 1.19. The molecule has 0 amide bonds. The molecule has 1 heterocycles. The van der Waals surface area contributed by atoms with Gasteiger partial charge in [0.1, 0.15) is 6.20 Å². The number of carbonyl (C=O) groups is 1. The maximum atomic E-state index is 10.3. The lowest BCUT2D eigenvalue weighted by Gasteiger charge is -1.99. The topological polar surface area (TPSA) is 54.1 Å². The van der Waals surface area contributed by atoms with Crippen LogP contribution in [0, 0.1) is 0 Å². The Kier molecular flexibility index (Phi) is 1.77. The van der Waals surface area contributed by atoms with Gasteiger partial charge < -0.3 is 21.9 Å². The Morgan fingerprint density at radius 2 is 2.50 bits per heavy atom. The third-order valence-electron chi connectivity index (χ3n) is 0.904. The molecule has 1 N–H and O–H groups in total. The maximum absolute atomic E-state index is 10.3. The molecule has 0 fully saturated rings. The molecule has 0 atom stereocenters. The summed E-state index contributed by atoms with van der Waals surface area (Å²) < 4.78 is 1.03. The molecule has 10 heavy (non-hydrogen) atoms. The van der Waals surface area contributed by atoms with Crippen LogP contribution in [0.2, 0.25) is 0 Å². The average Bonchev–Trinajstić information content (AvgIpc) is 1.88. The lowest BCUT2D eigenvalue weighted by Crippen LogP contribution is -2.35. The van der Waals surface area contributed by atoms with Gasteiger partial charge in [-0.2, -0.15) is 0 Å². The standard InChI is InChI=1S/C5H4N2O2S/c8-5(9)4-6-2-1-3-7(4)10/h1-3H,(H,8,9). The van der Waals surface area contributed by atoms with Crippen molar-refractivity contribution in [1.82, 2.24) is 4.98 Å². The van der Waals surface area contributed by atoms with E-state index in [1.807, 2.05) is 0 Å². The first-order valence-electron chi connectivity index (χ1n) is 2.49. The highest BCUT2D eigenvalue weighted by Gasteiger charge is 2.12. The van der Waals surface area contributed by atoms with Gasteiger partial charge in [0.15, 0.2) is 0 Å². The predicted octanol–water partition coefficient (Wildman–Crippen LogP) is -0.623. The summed E-state index contributed by atoms with van der Waals surface area (Å²) >= 11 is 4.60. The van der Waals surface area contributed by atoms with Crippen molar-refractivity contribution in [3.63, 3.8) is 0 Å². The van der Waals surface area contributed by atoms with Gasteiger partial charge in [0, 0.05) is 6.07 Å². The van der Waals surface area contributed by atoms with E-state index in [4.69, 9.17) is 5.11 Å². The van der Waals surface area contributed by atoms with Crippen molar-refractivity contribution in [3.05, 3.63) is 24.3 Å². The van der Waals surface area contributed by atoms with Crippen molar-refractivity contribution in [2.75, 3.05) is 0 Å². The Labute approximate surface area is 62.7 Å². The van der Waals surface area contributed by atoms with Gasteiger partial charge in [-0.15, -0.1) is 0 Å². The van der Waals surface area contributed by atoms with E-state index in [2.05, 4.69) is 17.8 Å². The molecule has 1 aromatic rings. The minimum atomic E-state index is -1.12. The summed E-state index contributed by atoms with van der Waals surface area (Å²) in [5.74, 6) is -1.26. The van der Waals surface area contributed by atoms with Crippen LogP contribution in [0.3, 0.4) is 0 Å². The predicted molar refractivity (Wildman–Crippen MR) is 34.2 cm³/mol. The van der Waals surface area contributed by atoms with Gasteiger partial charge in [0.05, 0.1) is 6.20 Å². The number of hydrogen-bond acceptors (Lipinski definition) is 3. The second kappa shape index (κ2) is 2.57. The molecule has 0 aromatic carbocycles. The van der Waals surface area contributed by atoms with Crippen molar-refractivity contribution in [1.29, 1.82) is 0 Å². The summed E-state index contributed by atoms with van der Waals surface area (Å²) in [4.78, 5) is 13.8. The molecule has 4 nitrogen and oxygen atoms in total. The van der Waals surface area contributed by atoms with Crippen LogP contribution in [0.1, 0.15) is 10.6 Å². The van der Waals surface area contributed by atoms with Gasteiger partial charge in [-0.3, -0.25) is 0 Å². The van der Waals surface area contributed by atoms with Crippen LogP contribution < -0.4 is 3.97 Å². The van der Waals surface area contributed by atoms with Crippen LogP contribution >= 0.6 is 0 Å². The molecular formula is C5H4N2O2S. The summed E-state index contributed by atoms with van der Waals surface area (Å²) in [6, 6.07) is 1.57. The fourth-order valence-electron chi connectivity index (χ4n) is 0.507. The van der Waals surface area contributed by atoms with Gasteiger partial charge >= 0.3 is 11.8 Å². The Balaban J connectivity index is 3.15. The normalized spacial score (nSPS) is 9.20. The highest BCUT2D eigenvalue weighted by molar-refractivity contribution is 7.51. The first kappa shape index (κ1) is 6.88. The van der Waals surface area contributed by atoms with Crippen LogP contribution in [0.15, 0.2) is 18.5 Å². The zero-order valence-corrected chi connectivity index (χ0v) is 5.71. The van der Waals surface area contributed by atoms with E-state index in [1.165, 1.54) is 12.4 Å². The molecule has 0 saturated heterocycles. The molecule has 52 valence electrons. The zero-order chi connectivity index (χ0) is 7.56. The largest absolute Gasteiger partial charge is 0.554 e. The summed E-state index contributed by atoms with van der Waals surface area (Å²) in [6.45, 7) is 0. The van der Waals surface area contributed by atoms with E-state index >= 15 is 0 Å². The molecule has 0 aliphatic carbocycles. The fraction of sp³-hybridized carbons (Fsp3) is 0. The highest BCUT2D eigenvalue weighted by atomic mass is 32.1. The summed E-state index contributed by atoms with van der Waals surface area (Å²) in [6.07, 6.45) is 2.83. The number of rotatable bonds is 1. The van der Waals surface area contributed by atoms with Crippen LogP contribution in [0.5, 0.6) is 0 Å². The molecule has 1 rings (SSSR count). The third-order valence-corrected chi connectivity index (χ3v) is 1.20. The molecule has 0 bridgehead atoms. The quantitative estimate of drug-likeness (QED) is 0.435. The van der Waals surface area contributed by atoms with Crippen LogP contribution in [0.4, 0.5) is 0 Å². The summed E-state index contributed by atoms with van der Waals surface area (Å²) in [5, 5.41) is 8.42. The minimum absolute atomic E-state index is 0.141. The van der Waals surface area contributed by atoms with Gasteiger partial charge in [0.2, 0.25) is 0 Å². The molecule has 0 spiro atoms. The maximum Gasteiger partial charge on any atom is 0.422 e. The number of hydrogen-bond donors (Lipinski definition) is 1. The van der Waals surface area contributed by atoms with Gasteiger partial charge in [-0.1, -0.05) is 0 Å². The molecule has 0 unspecified atom stereocenters. The Morgan fingerprint density at radius 3 is 2.90 bits per heavy atom. The lowest BCUT2D eigenvalue weighted by atomic mass is 10.6. The minimum Gasteiger partial charge on any atom is -0.554 e. The molecule has 0 saturated carbocycles. The Hall–Kier alpha value is -1.23. The first-order chi connectivity index (χ1) is 4.72. The van der Waals surface area contributed by atoms with Gasteiger partial charge in [-0.25, -0.2) is 4.79 Å². The molecule has 0 aliphatic heterocycles. The monoisotopic (exact) mass is 156 g/mol. The van der Waals surface area contributed by atoms with E-state index in [0.29, 0.717) is 0 Å². The van der Waals surface area contributed by atoms with E-state index < -0.39 is 5.97 Å². The summed E-state index contributed by atoms with van der Waals surface area (Å²) in [5.41, 5.74) is 0. The number of carboxylic acids is 1. The second-order valence-corrected chi connectivity index (χ2v) is 1.97. The molecular weight excluding hydrogens is 152 g/mol. The van der Waals surface area contributed by atoms with Crippen molar-refractivity contribution in [2.24, 2.45) is 0 Å². The Bertz CT molecular complexity index is 264. The van der Waals surface area contributed by atoms with E-state index in [0.717, 1.165) is 3.97 Å². The first-order valence-corrected chi connectivity index (χ1v) is 2.86. The zero-order valence-electron chi connectivity index (χ0n) is 4.89. The lowest BCUT2D eigenvalue weighted by molar-refractivity contribution is -0.500. The van der Waals surface area contributed by atoms with Crippen LogP contribution in [-0.2, 0) is 12.8 Å². The fourth-order valence-corrected chi connectivity index (χ4v) is 0.703. The average molecular weight is 156 g/mol. The molecule has 0 radical (unpaired) electrons. The van der Waals surface area contributed by atoms with Gasteiger partial charge in [0.25, 0.3) is 0 Å². The number of carboxylic acid groups (broad SMARTS) is 1. The van der Waals surface area contributed by atoms with Crippen molar-refractivity contribution >= 4 is 18.8 Å². The van der Waals surface area contributed by atoms with Crippen molar-refractivity contribution in [2.45, 2.75) is 0 Å². The smallest absolute Gasteiger partial charge is 0.422 e. The van der Waals surface area contributed by atoms with E-state index in [1.54, 1.807) is 6.07 Å². The Morgan fingerprint density at radius 1 is 1.80 bits per heavy atom. The molecule has 0 aliphatic rings. The molecule has 1 aromatic heterocycles. The van der Waals surface area contributed by atoms with Crippen LogP contribution in [0.25, 0.3) is 0 Å². The number of aromatic nitrogens is 2. The molecule has 5 heteroatoms. The summed E-state index contributed by atoms with van der Waals surface area (Å²) in [7, 11) is 0. The second-order valence-electron chi connectivity index (χ2n) is 1.57. The van der Waals surface area contributed by atoms with Crippen LogP contribution in [-0.4, -0.2) is 16.1 Å².